The summed E-state index contributed by atoms with van der Waals surface area (Å²) in [4.78, 5) is 19.8. The Balaban J connectivity index is 0. The van der Waals surface area contributed by atoms with Crippen LogP contribution in [0.1, 0.15) is 39.0 Å². The number of hydrogen-bond acceptors (Lipinski definition) is 6. The fourth-order valence-electron chi connectivity index (χ4n) is 1.19. The number of rotatable bonds is 10. The highest BCUT2D eigenvalue weighted by Crippen LogP contribution is 2.10. The first-order chi connectivity index (χ1) is 10.5. The Morgan fingerprint density at radius 1 is 1.09 bits per heavy atom. The Labute approximate surface area is 132 Å². The summed E-state index contributed by atoms with van der Waals surface area (Å²) >= 11 is 0. The van der Waals surface area contributed by atoms with Gasteiger partial charge in [0.2, 0.25) is 0 Å². The lowest BCUT2D eigenvalue weighted by atomic mass is 10.2. The Bertz CT molecular complexity index is 253. The van der Waals surface area contributed by atoms with E-state index in [9.17, 15) is 9.59 Å². The van der Waals surface area contributed by atoms with Gasteiger partial charge < -0.3 is 31.7 Å². The summed E-state index contributed by atoms with van der Waals surface area (Å²) in [6, 6.07) is 0. The predicted octanol–water partition coefficient (Wildman–Crippen LogP) is 0.00460. The van der Waals surface area contributed by atoms with Crippen molar-refractivity contribution in [3.63, 3.8) is 0 Å². The van der Waals surface area contributed by atoms with Gasteiger partial charge in [0.05, 0.1) is 12.7 Å². The molecule has 1 saturated heterocycles. The lowest BCUT2D eigenvalue weighted by Gasteiger charge is -1.95. The molecule has 0 amide bonds. The van der Waals surface area contributed by atoms with Gasteiger partial charge in [-0.3, -0.25) is 9.59 Å². The van der Waals surface area contributed by atoms with E-state index in [1.165, 1.54) is 6.42 Å². The SMILES string of the molecule is CCC1CO1.NCCNCCN.O=C(O)CCCCC(=O)O. The van der Waals surface area contributed by atoms with E-state index in [2.05, 4.69) is 12.2 Å². The molecule has 0 aromatic heterocycles. The van der Waals surface area contributed by atoms with Crippen molar-refractivity contribution in [1.29, 1.82) is 0 Å². The van der Waals surface area contributed by atoms with Gasteiger partial charge in [-0.2, -0.15) is 0 Å². The van der Waals surface area contributed by atoms with Crippen molar-refractivity contribution in [2.75, 3.05) is 32.8 Å². The lowest BCUT2D eigenvalue weighted by Crippen LogP contribution is -2.27. The van der Waals surface area contributed by atoms with Crippen LogP contribution < -0.4 is 16.8 Å². The lowest BCUT2D eigenvalue weighted by molar-refractivity contribution is -0.139. The van der Waals surface area contributed by atoms with Crippen LogP contribution in [-0.2, 0) is 14.3 Å². The van der Waals surface area contributed by atoms with Crippen molar-refractivity contribution in [3.05, 3.63) is 0 Å². The molecule has 1 rings (SSSR count). The highest BCUT2D eigenvalue weighted by Gasteiger charge is 2.18. The van der Waals surface area contributed by atoms with Crippen LogP contribution in [0.5, 0.6) is 0 Å². The number of carbonyl (C=O) groups is 2. The van der Waals surface area contributed by atoms with Gasteiger partial charge in [-0.05, 0) is 19.3 Å². The van der Waals surface area contributed by atoms with E-state index < -0.39 is 11.9 Å². The molecule has 0 aromatic carbocycles. The summed E-state index contributed by atoms with van der Waals surface area (Å²) < 4.78 is 4.86. The summed E-state index contributed by atoms with van der Waals surface area (Å²) in [7, 11) is 0. The maximum absolute atomic E-state index is 9.90. The molecule has 0 bridgehead atoms. The highest BCUT2D eigenvalue weighted by molar-refractivity contribution is 5.67. The number of unbranched alkanes of at least 4 members (excludes halogenated alkanes) is 1. The van der Waals surface area contributed by atoms with Gasteiger partial charge in [-0.15, -0.1) is 0 Å². The zero-order valence-electron chi connectivity index (χ0n) is 13.4. The summed E-state index contributed by atoms with van der Waals surface area (Å²) in [5.41, 5.74) is 10.3. The van der Waals surface area contributed by atoms with Gasteiger partial charge in [0, 0.05) is 39.0 Å². The molecule has 7 N–H and O–H groups in total. The minimum atomic E-state index is -0.870. The monoisotopic (exact) mass is 321 g/mol. The van der Waals surface area contributed by atoms with Gasteiger partial charge in [0.25, 0.3) is 0 Å². The number of epoxide rings is 1. The van der Waals surface area contributed by atoms with Crippen molar-refractivity contribution >= 4 is 11.9 Å². The minimum Gasteiger partial charge on any atom is -0.481 e. The van der Waals surface area contributed by atoms with Gasteiger partial charge in [-0.1, -0.05) is 6.92 Å². The minimum absolute atomic E-state index is 0.0628. The molecule has 0 aromatic rings. The molecular weight excluding hydrogens is 290 g/mol. The quantitative estimate of drug-likeness (QED) is 0.279. The normalized spacial score (nSPS) is 15.0. The van der Waals surface area contributed by atoms with E-state index in [1.54, 1.807) is 0 Å². The van der Waals surface area contributed by atoms with E-state index in [1.807, 2.05) is 0 Å². The largest absolute Gasteiger partial charge is 0.481 e. The fourth-order valence-corrected chi connectivity index (χ4v) is 1.19. The van der Waals surface area contributed by atoms with Crippen LogP contribution >= 0.6 is 0 Å². The number of nitrogens with two attached hydrogens (primary N) is 2. The summed E-state index contributed by atoms with van der Waals surface area (Å²) in [6.07, 6.45) is 2.85. The van der Waals surface area contributed by atoms with Crippen molar-refractivity contribution in [3.8, 4) is 0 Å². The molecule has 1 unspecified atom stereocenters. The Morgan fingerprint density at radius 3 is 1.68 bits per heavy atom. The molecule has 132 valence electrons. The average molecular weight is 321 g/mol. The topological polar surface area (TPSA) is 151 Å². The second-order valence-corrected chi connectivity index (χ2v) is 4.69. The van der Waals surface area contributed by atoms with Crippen LogP contribution in [0.3, 0.4) is 0 Å². The third kappa shape index (κ3) is 27.2. The number of nitrogens with one attached hydrogen (secondary N) is 1. The molecule has 0 radical (unpaired) electrons. The summed E-state index contributed by atoms with van der Waals surface area (Å²) in [6.45, 7) is 6.28. The molecule has 0 spiro atoms. The third-order valence-electron chi connectivity index (χ3n) is 2.53. The molecule has 0 aliphatic carbocycles. The molecule has 1 atom stereocenters. The van der Waals surface area contributed by atoms with Gasteiger partial charge in [-0.25, -0.2) is 0 Å². The Kier molecular flexibility index (Phi) is 18.7. The molecule has 8 nitrogen and oxygen atoms in total. The van der Waals surface area contributed by atoms with Crippen molar-refractivity contribution < 1.29 is 24.5 Å². The van der Waals surface area contributed by atoms with Crippen molar-refractivity contribution in [2.24, 2.45) is 11.5 Å². The Hall–Kier alpha value is -1.22. The summed E-state index contributed by atoms with van der Waals surface area (Å²) in [5, 5.41) is 19.3. The number of ether oxygens (including phenoxy) is 1. The van der Waals surface area contributed by atoms with Crippen LogP contribution in [0.2, 0.25) is 0 Å². The van der Waals surface area contributed by atoms with Crippen LogP contribution in [0.15, 0.2) is 0 Å². The number of hydrogen-bond donors (Lipinski definition) is 5. The van der Waals surface area contributed by atoms with Crippen LogP contribution in [0.25, 0.3) is 0 Å². The second kappa shape index (κ2) is 17.8. The van der Waals surface area contributed by atoms with Crippen molar-refractivity contribution in [1.82, 2.24) is 5.32 Å². The number of carboxylic acids is 2. The standard InChI is InChI=1S/C6H10O4.C4H13N3.C4H8O/c7-5(8)3-1-2-4-6(9)10;5-1-3-7-4-2-6;1-2-4-3-5-4/h1-4H2,(H,7,8)(H,9,10);7H,1-6H2;4H,2-3H2,1H3. The first-order valence-corrected chi connectivity index (χ1v) is 7.63. The molecule has 1 aliphatic rings. The van der Waals surface area contributed by atoms with E-state index in [0.717, 1.165) is 19.7 Å². The first-order valence-electron chi connectivity index (χ1n) is 7.63. The maximum atomic E-state index is 9.90. The fraction of sp³-hybridized carbons (Fsp3) is 0.857. The van der Waals surface area contributed by atoms with E-state index in [0.29, 0.717) is 32.0 Å². The smallest absolute Gasteiger partial charge is 0.303 e. The van der Waals surface area contributed by atoms with E-state index in [4.69, 9.17) is 26.4 Å². The maximum Gasteiger partial charge on any atom is 0.303 e. The highest BCUT2D eigenvalue weighted by atomic mass is 16.6. The van der Waals surface area contributed by atoms with Crippen LogP contribution in [0, 0.1) is 0 Å². The number of carboxylic acid groups (broad SMARTS) is 2. The molecule has 22 heavy (non-hydrogen) atoms. The second-order valence-electron chi connectivity index (χ2n) is 4.69. The molecule has 1 aliphatic heterocycles. The zero-order chi connectivity index (χ0) is 17.2. The number of aliphatic carboxylic acids is 2. The first kappa shape index (κ1) is 23.1. The predicted molar refractivity (Wildman–Crippen MR) is 84.7 cm³/mol. The summed E-state index contributed by atoms with van der Waals surface area (Å²) in [5.74, 6) is -1.74. The van der Waals surface area contributed by atoms with Crippen LogP contribution in [-0.4, -0.2) is 61.0 Å². The Morgan fingerprint density at radius 2 is 1.50 bits per heavy atom. The van der Waals surface area contributed by atoms with Crippen LogP contribution in [0.4, 0.5) is 0 Å². The van der Waals surface area contributed by atoms with Crippen molar-refractivity contribution in [2.45, 2.75) is 45.1 Å². The molecule has 8 heteroatoms. The molecular formula is C14H31N3O5. The third-order valence-corrected chi connectivity index (χ3v) is 2.53. The van der Waals surface area contributed by atoms with Gasteiger partial charge in [0.1, 0.15) is 0 Å². The molecule has 1 fully saturated rings. The van der Waals surface area contributed by atoms with Gasteiger partial charge >= 0.3 is 11.9 Å². The molecule has 0 saturated carbocycles. The zero-order valence-corrected chi connectivity index (χ0v) is 13.4. The van der Waals surface area contributed by atoms with Gasteiger partial charge in [0.15, 0.2) is 0 Å². The average Bonchev–Trinajstić information content (AvgIpc) is 3.29. The van der Waals surface area contributed by atoms with E-state index >= 15 is 0 Å². The van der Waals surface area contributed by atoms with E-state index in [-0.39, 0.29) is 12.8 Å². The molecule has 1 heterocycles.